The summed E-state index contributed by atoms with van der Waals surface area (Å²) < 4.78 is 9.91. The van der Waals surface area contributed by atoms with E-state index < -0.39 is 23.9 Å². The number of nitrogens with one attached hydrogen (secondary N) is 2. The Bertz CT molecular complexity index is 1250. The lowest BCUT2D eigenvalue weighted by atomic mass is 10.1. The van der Waals surface area contributed by atoms with E-state index in [1.54, 1.807) is 26.0 Å². The number of nitrogens with two attached hydrogens (primary N) is 1. The van der Waals surface area contributed by atoms with Crippen LogP contribution in [-0.2, 0) is 31.9 Å². The van der Waals surface area contributed by atoms with E-state index in [1.807, 2.05) is 18.2 Å². The van der Waals surface area contributed by atoms with Crippen molar-refractivity contribution in [2.75, 3.05) is 18.9 Å². The maximum Gasteiger partial charge on any atom is 0.328 e. The van der Waals surface area contributed by atoms with E-state index in [0.717, 1.165) is 10.4 Å². The van der Waals surface area contributed by atoms with E-state index in [4.69, 9.17) is 15.2 Å². The number of nitrogen functional groups attached to an aromatic ring is 1. The van der Waals surface area contributed by atoms with Crippen LogP contribution in [0.25, 0.3) is 10.2 Å². The van der Waals surface area contributed by atoms with Crippen LogP contribution in [0.2, 0.25) is 0 Å². The molecule has 3 aromatic rings. The molecule has 10 nitrogen and oxygen atoms in total. The van der Waals surface area contributed by atoms with E-state index in [1.165, 1.54) is 11.3 Å². The number of anilines is 1. The highest BCUT2D eigenvalue weighted by atomic mass is 32.1. The number of amides is 1. The number of carbonyl (C=O) groups excluding carboxylic acids is 3. The van der Waals surface area contributed by atoms with Gasteiger partial charge >= 0.3 is 11.9 Å². The summed E-state index contributed by atoms with van der Waals surface area (Å²) >= 11 is 1.42. The zero-order chi connectivity index (χ0) is 25.4. The summed E-state index contributed by atoms with van der Waals surface area (Å²) in [5.74, 6) is -1.38. The standard InChI is InChI=1S/C24H28N4O6S/c1-3-33-19(29)12-11-18(23(32)34-4-2)26-20(30)15-8-5-14(6-9-15)7-10-16-13-17-21(31)27-24(25)28-22(17)35-16/h5-6,8-9,13,18H,3-4,7,10-12H2,1-2H3,(H,26,30)(H3,25,27,28,31)/t18-/m0/s1. The van der Waals surface area contributed by atoms with Crippen LogP contribution in [0.4, 0.5) is 5.95 Å². The van der Waals surface area contributed by atoms with Gasteiger partial charge in [-0.15, -0.1) is 11.3 Å². The molecular weight excluding hydrogens is 472 g/mol. The first-order valence-electron chi connectivity index (χ1n) is 11.3. The third kappa shape index (κ3) is 7.12. The Balaban J connectivity index is 1.60. The molecule has 0 aliphatic carbocycles. The van der Waals surface area contributed by atoms with Gasteiger partial charge in [-0.05, 0) is 56.9 Å². The van der Waals surface area contributed by atoms with E-state index in [9.17, 15) is 19.2 Å². The van der Waals surface area contributed by atoms with Gasteiger partial charge in [0, 0.05) is 16.9 Å². The molecule has 0 aliphatic heterocycles. The smallest absolute Gasteiger partial charge is 0.328 e. The second-order valence-electron chi connectivity index (χ2n) is 7.70. The lowest BCUT2D eigenvalue weighted by Crippen LogP contribution is -2.42. The van der Waals surface area contributed by atoms with Crippen LogP contribution in [0, 0.1) is 0 Å². The first-order chi connectivity index (χ1) is 16.8. The first-order valence-corrected chi connectivity index (χ1v) is 12.1. The number of H-pyrrole nitrogens is 1. The summed E-state index contributed by atoms with van der Waals surface area (Å²) in [7, 11) is 0. The van der Waals surface area contributed by atoms with E-state index in [-0.39, 0.29) is 37.6 Å². The molecule has 0 fully saturated rings. The molecule has 2 aromatic heterocycles. The molecule has 1 atom stereocenters. The summed E-state index contributed by atoms with van der Waals surface area (Å²) in [4.78, 5) is 56.8. The number of benzene rings is 1. The summed E-state index contributed by atoms with van der Waals surface area (Å²) in [6, 6.07) is 7.89. The van der Waals surface area contributed by atoms with Gasteiger partial charge in [-0.1, -0.05) is 12.1 Å². The molecule has 1 aromatic carbocycles. The molecule has 11 heteroatoms. The number of aromatic nitrogens is 2. The topological polar surface area (TPSA) is 153 Å². The van der Waals surface area contributed by atoms with E-state index >= 15 is 0 Å². The van der Waals surface area contributed by atoms with E-state index in [2.05, 4.69) is 15.3 Å². The quantitative estimate of drug-likeness (QED) is 0.339. The Hall–Kier alpha value is -3.73. The Morgan fingerprint density at radius 3 is 2.51 bits per heavy atom. The second-order valence-corrected chi connectivity index (χ2v) is 8.82. The number of rotatable bonds is 11. The fourth-order valence-corrected chi connectivity index (χ4v) is 4.48. The molecule has 0 spiro atoms. The van der Waals surface area contributed by atoms with Crippen molar-refractivity contribution in [2.45, 2.75) is 45.6 Å². The monoisotopic (exact) mass is 500 g/mol. The third-order valence-electron chi connectivity index (χ3n) is 5.17. The van der Waals surface area contributed by atoms with Gasteiger partial charge in [0.2, 0.25) is 5.95 Å². The minimum absolute atomic E-state index is 0.0117. The van der Waals surface area contributed by atoms with Gasteiger partial charge in [0.15, 0.2) is 0 Å². The molecule has 0 saturated carbocycles. The van der Waals surface area contributed by atoms with Gasteiger partial charge in [0.1, 0.15) is 10.9 Å². The zero-order valence-electron chi connectivity index (χ0n) is 19.6. The fourth-order valence-electron chi connectivity index (χ4n) is 3.44. The molecule has 3 rings (SSSR count). The van der Waals surface area contributed by atoms with Gasteiger partial charge in [-0.2, -0.15) is 0 Å². The van der Waals surface area contributed by atoms with Crippen molar-refractivity contribution in [3.05, 3.63) is 56.7 Å². The number of carbonyl (C=O) groups is 3. The number of aromatic amines is 1. The molecule has 0 saturated heterocycles. The Morgan fingerprint density at radius 2 is 1.83 bits per heavy atom. The normalized spacial score (nSPS) is 11.7. The third-order valence-corrected chi connectivity index (χ3v) is 6.26. The number of hydrogen-bond donors (Lipinski definition) is 3. The van der Waals surface area contributed by atoms with Crippen LogP contribution in [0.1, 0.15) is 47.5 Å². The number of fused-ring (bicyclic) bond motifs is 1. The molecule has 0 bridgehead atoms. The molecule has 0 unspecified atom stereocenters. The van der Waals surface area contributed by atoms with Crippen LogP contribution in [0.15, 0.2) is 35.1 Å². The maximum absolute atomic E-state index is 12.7. The van der Waals surface area contributed by atoms with Gasteiger partial charge in [-0.25, -0.2) is 9.78 Å². The van der Waals surface area contributed by atoms with Gasteiger partial charge < -0.3 is 20.5 Å². The van der Waals surface area contributed by atoms with Crippen molar-refractivity contribution in [3.63, 3.8) is 0 Å². The van der Waals surface area contributed by atoms with Crippen molar-refractivity contribution >= 4 is 45.3 Å². The molecular formula is C24H28N4O6S. The van der Waals surface area contributed by atoms with Crippen molar-refractivity contribution in [3.8, 4) is 0 Å². The summed E-state index contributed by atoms with van der Waals surface area (Å²) in [6.07, 6.45) is 1.47. The molecule has 1 amide bonds. The van der Waals surface area contributed by atoms with Crippen LogP contribution >= 0.6 is 11.3 Å². The highest BCUT2D eigenvalue weighted by molar-refractivity contribution is 7.18. The van der Waals surface area contributed by atoms with Crippen LogP contribution < -0.4 is 16.6 Å². The fraction of sp³-hybridized carbons (Fsp3) is 0.375. The van der Waals surface area contributed by atoms with Crippen molar-refractivity contribution in [1.82, 2.24) is 15.3 Å². The highest BCUT2D eigenvalue weighted by Crippen LogP contribution is 2.23. The number of esters is 2. The van der Waals surface area contributed by atoms with Gasteiger partial charge in [0.25, 0.3) is 11.5 Å². The van der Waals surface area contributed by atoms with Crippen molar-refractivity contribution < 1.29 is 23.9 Å². The molecule has 0 radical (unpaired) electrons. The van der Waals surface area contributed by atoms with Gasteiger partial charge in [0.05, 0.1) is 18.6 Å². The van der Waals surface area contributed by atoms with Crippen molar-refractivity contribution in [2.24, 2.45) is 0 Å². The number of thiophene rings is 1. The minimum atomic E-state index is -0.953. The predicted octanol–water partition coefficient (Wildman–Crippen LogP) is 2.36. The number of nitrogens with zero attached hydrogens (tertiary/aromatic N) is 1. The van der Waals surface area contributed by atoms with Crippen LogP contribution in [-0.4, -0.2) is 47.1 Å². The largest absolute Gasteiger partial charge is 0.466 e. The Kier molecular flexibility index (Phi) is 8.96. The lowest BCUT2D eigenvalue weighted by molar-refractivity contribution is -0.146. The van der Waals surface area contributed by atoms with Crippen molar-refractivity contribution in [1.29, 1.82) is 0 Å². The molecule has 0 aliphatic rings. The summed E-state index contributed by atoms with van der Waals surface area (Å²) in [5.41, 5.74) is 6.73. The average molecular weight is 501 g/mol. The van der Waals surface area contributed by atoms with Crippen LogP contribution in [0.3, 0.4) is 0 Å². The Morgan fingerprint density at radius 1 is 1.11 bits per heavy atom. The molecule has 4 N–H and O–H groups in total. The van der Waals surface area contributed by atoms with Gasteiger partial charge in [-0.3, -0.25) is 19.4 Å². The first kappa shape index (κ1) is 25.9. The SMILES string of the molecule is CCOC(=O)CC[C@H](NC(=O)c1ccc(CCc2cc3c(=O)[nH]c(N)nc3s2)cc1)C(=O)OCC. The zero-order valence-corrected chi connectivity index (χ0v) is 20.4. The highest BCUT2D eigenvalue weighted by Gasteiger charge is 2.24. The Labute approximate surface area is 205 Å². The number of ether oxygens (including phenoxy) is 2. The summed E-state index contributed by atoms with van der Waals surface area (Å²) in [5, 5.41) is 3.17. The van der Waals surface area contributed by atoms with E-state index in [0.29, 0.717) is 28.6 Å². The predicted molar refractivity (Wildman–Crippen MR) is 132 cm³/mol. The minimum Gasteiger partial charge on any atom is -0.466 e. The average Bonchev–Trinajstić information content (AvgIpc) is 3.24. The molecule has 186 valence electrons. The molecule has 35 heavy (non-hydrogen) atoms. The summed E-state index contributed by atoms with van der Waals surface area (Å²) in [6.45, 7) is 3.78. The lowest BCUT2D eigenvalue weighted by Gasteiger charge is -2.17. The second kappa shape index (κ2) is 12.1. The maximum atomic E-state index is 12.7. The van der Waals surface area contributed by atoms with Crippen LogP contribution in [0.5, 0.6) is 0 Å². The number of hydrogen-bond acceptors (Lipinski definition) is 9. The molecule has 2 heterocycles. The number of aryl methyl sites for hydroxylation is 2.